The van der Waals surface area contributed by atoms with E-state index in [2.05, 4.69) is 15.9 Å². The van der Waals surface area contributed by atoms with Crippen LogP contribution >= 0.6 is 15.9 Å². The van der Waals surface area contributed by atoms with E-state index in [1.165, 1.54) is 65.6 Å². The van der Waals surface area contributed by atoms with Crippen LogP contribution in [0.1, 0.15) is 36.8 Å². The van der Waals surface area contributed by atoms with Crippen LogP contribution in [0.15, 0.2) is 82.2 Å². The summed E-state index contributed by atoms with van der Waals surface area (Å²) in [5.74, 6) is -7.86. The Hall–Kier alpha value is -3.67. The Labute approximate surface area is 280 Å². The van der Waals surface area contributed by atoms with Crippen LogP contribution in [-0.2, 0) is 32.1 Å². The third-order valence-electron chi connectivity index (χ3n) is 7.81. The number of sulfonamides is 1. The van der Waals surface area contributed by atoms with Crippen molar-refractivity contribution in [2.24, 2.45) is 5.73 Å². The SMILES string of the molecule is NC1CC2CCC(C1)N2C(=O)[C@H](NS(=O)(=O)c1cccc(OCc2ccc(F)cc2)c1)C(F)(F)c1ccc(Br)cc1.O=C(O)C(F)(F)F. The van der Waals surface area contributed by atoms with Gasteiger partial charge in [0.15, 0.2) is 6.04 Å². The number of carbonyl (C=O) groups is 2. The molecule has 2 bridgehead atoms. The van der Waals surface area contributed by atoms with Gasteiger partial charge in [-0.3, -0.25) is 4.79 Å². The van der Waals surface area contributed by atoms with Crippen molar-refractivity contribution in [3.63, 3.8) is 0 Å². The highest BCUT2D eigenvalue weighted by Crippen LogP contribution is 2.40. The Morgan fingerprint density at radius 2 is 1.54 bits per heavy atom. The highest BCUT2D eigenvalue weighted by atomic mass is 79.9. The molecule has 2 saturated heterocycles. The van der Waals surface area contributed by atoms with Crippen molar-refractivity contribution in [1.29, 1.82) is 0 Å². The number of carbonyl (C=O) groups excluding carboxylic acids is 1. The van der Waals surface area contributed by atoms with Gasteiger partial charge in [-0.15, -0.1) is 0 Å². The average molecular weight is 767 g/mol. The monoisotopic (exact) mass is 765 g/mol. The van der Waals surface area contributed by atoms with Gasteiger partial charge in [-0.25, -0.2) is 17.6 Å². The van der Waals surface area contributed by atoms with E-state index in [9.17, 15) is 30.8 Å². The number of carboxylic acid groups (broad SMARTS) is 1. The van der Waals surface area contributed by atoms with Crippen LogP contribution in [0, 0.1) is 5.82 Å². The lowest BCUT2D eigenvalue weighted by molar-refractivity contribution is -0.192. The molecule has 1 amide bonds. The molecular weight excluding hydrogens is 736 g/mol. The smallest absolute Gasteiger partial charge is 0.489 e. The number of halogens is 7. The second-order valence-electron chi connectivity index (χ2n) is 11.2. The summed E-state index contributed by atoms with van der Waals surface area (Å²) in [6, 6.07) is 12.9. The summed E-state index contributed by atoms with van der Waals surface area (Å²) in [6.45, 7) is 0.0276. The molecule has 0 radical (unpaired) electrons. The lowest BCUT2D eigenvalue weighted by Gasteiger charge is -2.41. The number of alkyl halides is 5. The molecule has 0 saturated carbocycles. The number of fused-ring (bicyclic) bond motifs is 2. The maximum atomic E-state index is 16.1. The first-order valence-corrected chi connectivity index (χ1v) is 16.7. The normalized spacial score (nSPS) is 20.0. The molecule has 5 rings (SSSR count). The van der Waals surface area contributed by atoms with Crippen molar-refractivity contribution in [2.45, 2.75) is 73.5 Å². The van der Waals surface area contributed by atoms with Gasteiger partial charge in [0.25, 0.3) is 5.92 Å². The summed E-state index contributed by atoms with van der Waals surface area (Å²) < 4.78 is 112. The Kier molecular flexibility index (Phi) is 11.5. The first-order valence-electron chi connectivity index (χ1n) is 14.4. The van der Waals surface area contributed by atoms with Crippen LogP contribution in [-0.4, -0.2) is 60.6 Å². The van der Waals surface area contributed by atoms with E-state index >= 15 is 8.78 Å². The number of hydrogen-bond donors (Lipinski definition) is 3. The number of nitrogens with one attached hydrogen (secondary N) is 1. The van der Waals surface area contributed by atoms with E-state index in [4.69, 9.17) is 20.4 Å². The number of nitrogens with two attached hydrogens (primary N) is 1. The molecule has 2 aliphatic rings. The molecule has 17 heteroatoms. The van der Waals surface area contributed by atoms with Crippen LogP contribution in [0.5, 0.6) is 5.75 Å². The fraction of sp³-hybridized carbons (Fsp3) is 0.355. The minimum atomic E-state index is -5.08. The van der Waals surface area contributed by atoms with Crippen molar-refractivity contribution in [2.75, 3.05) is 0 Å². The lowest BCUT2D eigenvalue weighted by Crippen LogP contribution is -2.60. The summed E-state index contributed by atoms with van der Waals surface area (Å²) in [5, 5.41) is 7.12. The first kappa shape index (κ1) is 37.2. The molecule has 2 heterocycles. The number of rotatable bonds is 9. The van der Waals surface area contributed by atoms with E-state index in [-0.39, 0.29) is 35.4 Å². The van der Waals surface area contributed by atoms with Gasteiger partial charge in [0.05, 0.1) is 4.90 Å². The van der Waals surface area contributed by atoms with E-state index in [1.807, 2.05) is 4.72 Å². The zero-order valence-corrected chi connectivity index (χ0v) is 27.2. The number of aliphatic carboxylic acids is 1. The predicted octanol–water partition coefficient (Wildman–Crippen LogP) is 5.72. The number of nitrogens with zero attached hydrogens (tertiary/aromatic N) is 1. The van der Waals surface area contributed by atoms with E-state index in [0.717, 1.165) is 12.1 Å². The zero-order valence-electron chi connectivity index (χ0n) is 24.8. The molecule has 260 valence electrons. The molecule has 48 heavy (non-hydrogen) atoms. The highest BCUT2D eigenvalue weighted by molar-refractivity contribution is 9.10. The minimum Gasteiger partial charge on any atom is -0.489 e. The fourth-order valence-electron chi connectivity index (χ4n) is 5.55. The molecule has 0 aliphatic carbocycles. The van der Waals surface area contributed by atoms with Gasteiger partial charge in [-0.05, 0) is 67.6 Å². The van der Waals surface area contributed by atoms with Crippen LogP contribution < -0.4 is 15.2 Å². The molecule has 3 aromatic rings. The standard InChI is InChI=1S/C29H29BrF3N3O4S.C2HF3O2/c30-20-8-6-19(7-9-20)29(32,33)27(28(37)36-23-12-13-24(36)15-22(34)14-23)35-41(38,39)26-3-1-2-25(16-26)40-17-18-4-10-21(31)11-5-18;3-2(4,5)1(6)7/h1-11,16,22-24,27,35H,12-15,17,34H2;(H,6,7)/t22?,23?,24?,27-;/m0./s1. The van der Waals surface area contributed by atoms with E-state index < -0.39 is 51.4 Å². The second-order valence-corrected chi connectivity index (χ2v) is 13.9. The van der Waals surface area contributed by atoms with Crippen molar-refractivity contribution in [3.8, 4) is 5.75 Å². The Morgan fingerprint density at radius 3 is 2.08 bits per heavy atom. The van der Waals surface area contributed by atoms with Gasteiger partial charge < -0.3 is 20.5 Å². The highest BCUT2D eigenvalue weighted by Gasteiger charge is 2.53. The third kappa shape index (κ3) is 9.06. The van der Waals surface area contributed by atoms with Crippen LogP contribution in [0.3, 0.4) is 0 Å². The summed E-state index contributed by atoms with van der Waals surface area (Å²) in [6.07, 6.45) is -2.89. The number of amides is 1. The van der Waals surface area contributed by atoms with Crippen molar-refractivity contribution < 1.29 is 54.2 Å². The fourth-order valence-corrected chi connectivity index (χ4v) is 7.04. The number of carboxylic acids is 1. The molecule has 3 aromatic carbocycles. The number of hydrogen-bond acceptors (Lipinski definition) is 6. The zero-order chi connectivity index (χ0) is 35.4. The predicted molar refractivity (Wildman–Crippen MR) is 164 cm³/mol. The first-order chi connectivity index (χ1) is 22.4. The van der Waals surface area contributed by atoms with Gasteiger partial charge in [-0.1, -0.05) is 46.3 Å². The Bertz CT molecular complexity index is 1700. The van der Waals surface area contributed by atoms with Gasteiger partial charge in [-0.2, -0.15) is 26.7 Å². The number of piperidine rings is 1. The minimum absolute atomic E-state index is 0.0276. The molecule has 2 aliphatic heterocycles. The number of ether oxygens (including phenoxy) is 1. The topological polar surface area (TPSA) is 139 Å². The molecule has 3 atom stereocenters. The molecule has 0 aromatic heterocycles. The number of benzene rings is 3. The molecule has 0 spiro atoms. The van der Waals surface area contributed by atoms with Crippen molar-refractivity contribution in [3.05, 3.63) is 94.2 Å². The largest absolute Gasteiger partial charge is 0.490 e. The van der Waals surface area contributed by atoms with E-state index in [0.29, 0.717) is 35.7 Å². The van der Waals surface area contributed by atoms with Gasteiger partial charge in [0, 0.05) is 34.2 Å². The summed E-state index contributed by atoms with van der Waals surface area (Å²) in [4.78, 5) is 23.8. The quantitative estimate of drug-likeness (QED) is 0.237. The Balaban J connectivity index is 0.000000671. The third-order valence-corrected chi connectivity index (χ3v) is 9.76. The molecular formula is C31H30BrF6N3O6S. The van der Waals surface area contributed by atoms with Crippen LogP contribution in [0.2, 0.25) is 0 Å². The van der Waals surface area contributed by atoms with Gasteiger partial charge >= 0.3 is 12.1 Å². The van der Waals surface area contributed by atoms with Crippen molar-refractivity contribution in [1.82, 2.24) is 9.62 Å². The summed E-state index contributed by atoms with van der Waals surface area (Å²) in [7, 11) is -4.62. The van der Waals surface area contributed by atoms with E-state index in [1.54, 1.807) is 0 Å². The summed E-state index contributed by atoms with van der Waals surface area (Å²) in [5.41, 5.74) is 6.26. The van der Waals surface area contributed by atoms with Crippen LogP contribution in [0.25, 0.3) is 0 Å². The lowest BCUT2D eigenvalue weighted by atomic mass is 9.95. The average Bonchev–Trinajstić information content (AvgIpc) is 3.29. The molecule has 4 N–H and O–H groups in total. The molecule has 2 unspecified atom stereocenters. The van der Waals surface area contributed by atoms with Gasteiger partial charge in [0.2, 0.25) is 15.9 Å². The molecule has 2 fully saturated rings. The van der Waals surface area contributed by atoms with Crippen LogP contribution in [0.4, 0.5) is 26.3 Å². The molecule has 9 nitrogen and oxygen atoms in total. The van der Waals surface area contributed by atoms with Crippen molar-refractivity contribution >= 4 is 37.8 Å². The van der Waals surface area contributed by atoms with Gasteiger partial charge in [0.1, 0.15) is 18.2 Å². The maximum Gasteiger partial charge on any atom is 0.490 e. The summed E-state index contributed by atoms with van der Waals surface area (Å²) >= 11 is 3.22. The second kappa shape index (κ2) is 14.8. The Morgan fingerprint density at radius 1 is 0.979 bits per heavy atom. The maximum absolute atomic E-state index is 16.1.